The molecule has 0 heterocycles. The van der Waals surface area contributed by atoms with E-state index in [0.29, 0.717) is 12.8 Å². The maximum Gasteiger partial charge on any atom is 0.306 e. The number of nitrogens with zero attached hydrogens (tertiary/aromatic N) is 1. The lowest BCUT2D eigenvalue weighted by Crippen LogP contribution is -2.55. The van der Waals surface area contributed by atoms with Gasteiger partial charge in [-0.2, -0.15) is 0 Å². The highest BCUT2D eigenvalue weighted by molar-refractivity contribution is 5.70. The molecule has 0 aromatic carbocycles. The number of carbonyl (C=O) groups excluding carboxylic acids is 3. The summed E-state index contributed by atoms with van der Waals surface area (Å²) in [6, 6.07) is -0.725. The van der Waals surface area contributed by atoms with Crippen molar-refractivity contribution in [2.45, 2.75) is 187 Å². The van der Waals surface area contributed by atoms with Crippen molar-refractivity contribution in [2.24, 2.45) is 0 Å². The van der Waals surface area contributed by atoms with E-state index in [-0.39, 0.29) is 42.7 Å². The molecule has 0 aromatic heterocycles. The molecular weight excluding hydrogens is 630 g/mol. The van der Waals surface area contributed by atoms with Crippen LogP contribution in [0.4, 0.5) is 0 Å². The van der Waals surface area contributed by atoms with Crippen molar-refractivity contribution in [1.82, 2.24) is 0 Å². The van der Waals surface area contributed by atoms with Crippen molar-refractivity contribution in [3.8, 4) is 0 Å². The van der Waals surface area contributed by atoms with E-state index in [4.69, 9.17) is 14.2 Å². The Bertz CT molecular complexity index is 880. The molecule has 8 heteroatoms. The van der Waals surface area contributed by atoms with Crippen LogP contribution in [0, 0.1) is 0 Å². The van der Waals surface area contributed by atoms with Crippen molar-refractivity contribution >= 4 is 17.9 Å². The maximum absolute atomic E-state index is 12.7. The number of quaternary nitrogens is 1. The highest BCUT2D eigenvalue weighted by atomic mass is 16.6. The van der Waals surface area contributed by atoms with E-state index in [9.17, 15) is 19.5 Å². The number of allylic oxidation sites excluding steroid dienone is 4. The number of unbranched alkanes of at least 4 members (excludes halogenated alkanes) is 18. The molecule has 50 heavy (non-hydrogen) atoms. The Morgan fingerprint density at radius 2 is 1.04 bits per heavy atom. The fourth-order valence-corrected chi connectivity index (χ4v) is 5.83. The van der Waals surface area contributed by atoms with Gasteiger partial charge in [-0.3, -0.25) is 9.59 Å². The average Bonchev–Trinajstić information content (AvgIpc) is 3.06. The molecule has 0 spiro atoms. The van der Waals surface area contributed by atoms with Gasteiger partial charge < -0.3 is 28.6 Å². The van der Waals surface area contributed by atoms with E-state index in [2.05, 4.69) is 38.2 Å². The van der Waals surface area contributed by atoms with Gasteiger partial charge in [0.05, 0.1) is 40.3 Å². The Morgan fingerprint density at radius 1 is 0.580 bits per heavy atom. The summed E-state index contributed by atoms with van der Waals surface area (Å²) in [7, 11) is 5.39. The molecule has 0 amide bonds. The van der Waals surface area contributed by atoms with Crippen LogP contribution in [0.3, 0.4) is 0 Å². The standard InChI is InChI=1S/C42H77NO7/c1-6-8-10-12-14-16-18-19-20-21-22-23-25-27-29-31-33-41(45)50-38(36-48-35-34-39(42(46)47)43(3,4)5)37-49-40(44)32-30-28-26-24-17-15-13-11-9-7-2/h11,13,20-21,38-39H,6-10,12,14-19,22-37H2,1-5H3/b13-11-,21-20-. The normalized spacial score (nSPS) is 13.2. The fourth-order valence-electron chi connectivity index (χ4n) is 5.83. The number of esters is 2. The zero-order valence-corrected chi connectivity index (χ0v) is 33.1. The molecule has 0 aliphatic carbocycles. The molecule has 0 aromatic rings. The number of likely N-dealkylation sites (N-methyl/N-ethyl adjacent to an activating group) is 1. The Hall–Kier alpha value is -2.19. The minimum Gasteiger partial charge on any atom is -0.544 e. The first-order valence-electron chi connectivity index (χ1n) is 20.4. The average molecular weight is 708 g/mol. The van der Waals surface area contributed by atoms with Gasteiger partial charge in [-0.15, -0.1) is 0 Å². The van der Waals surface area contributed by atoms with Crippen LogP contribution in [0.1, 0.15) is 174 Å². The van der Waals surface area contributed by atoms with Crippen LogP contribution in [0.15, 0.2) is 24.3 Å². The van der Waals surface area contributed by atoms with Gasteiger partial charge in [0.25, 0.3) is 0 Å². The zero-order valence-electron chi connectivity index (χ0n) is 33.1. The van der Waals surface area contributed by atoms with Crippen LogP contribution in [-0.2, 0) is 28.6 Å². The molecular formula is C42H77NO7. The van der Waals surface area contributed by atoms with Crippen molar-refractivity contribution in [2.75, 3.05) is 41.0 Å². The molecule has 0 saturated carbocycles. The van der Waals surface area contributed by atoms with Gasteiger partial charge in [-0.1, -0.05) is 122 Å². The van der Waals surface area contributed by atoms with Crippen LogP contribution < -0.4 is 5.11 Å². The summed E-state index contributed by atoms with van der Waals surface area (Å²) in [5.74, 6) is -1.76. The predicted molar refractivity (Wildman–Crippen MR) is 204 cm³/mol. The monoisotopic (exact) mass is 708 g/mol. The first-order chi connectivity index (χ1) is 24.1. The number of aliphatic carboxylic acids is 1. The van der Waals surface area contributed by atoms with Crippen LogP contribution >= 0.6 is 0 Å². The smallest absolute Gasteiger partial charge is 0.306 e. The van der Waals surface area contributed by atoms with Crippen molar-refractivity contribution in [3.05, 3.63) is 24.3 Å². The summed E-state index contributed by atoms with van der Waals surface area (Å²) in [5.41, 5.74) is 0. The zero-order chi connectivity index (χ0) is 37.1. The number of ether oxygens (including phenoxy) is 3. The molecule has 0 saturated heterocycles. The lowest BCUT2D eigenvalue weighted by molar-refractivity contribution is -0.889. The SMILES string of the molecule is CCC/C=C\CCCCCCCC(=O)OCC(COCCC(C(=O)[O-])[N+](C)(C)C)OC(=O)CCCCCCC/C=C\CCCCCCCCC. The second-order valence-electron chi connectivity index (χ2n) is 14.9. The van der Waals surface area contributed by atoms with Crippen molar-refractivity contribution < 1.29 is 38.2 Å². The number of carboxylic acids is 1. The minimum absolute atomic E-state index is 0.0368. The van der Waals surface area contributed by atoms with E-state index < -0.39 is 18.1 Å². The third kappa shape index (κ3) is 31.8. The second-order valence-corrected chi connectivity index (χ2v) is 14.9. The van der Waals surface area contributed by atoms with Crippen LogP contribution in [-0.4, -0.2) is 75.5 Å². The van der Waals surface area contributed by atoms with Crippen LogP contribution in [0.2, 0.25) is 0 Å². The van der Waals surface area contributed by atoms with Crippen LogP contribution in [0.25, 0.3) is 0 Å². The van der Waals surface area contributed by atoms with Crippen molar-refractivity contribution in [1.29, 1.82) is 0 Å². The van der Waals surface area contributed by atoms with Gasteiger partial charge in [0, 0.05) is 19.3 Å². The van der Waals surface area contributed by atoms with Gasteiger partial charge in [0.2, 0.25) is 0 Å². The summed E-state index contributed by atoms with van der Waals surface area (Å²) < 4.78 is 17.1. The maximum atomic E-state index is 12.7. The Kier molecular flexibility index (Phi) is 32.4. The third-order valence-corrected chi connectivity index (χ3v) is 9.04. The van der Waals surface area contributed by atoms with Gasteiger partial charge in [0.1, 0.15) is 12.6 Å². The van der Waals surface area contributed by atoms with E-state index in [1.54, 1.807) is 21.1 Å². The first kappa shape index (κ1) is 47.8. The Balaban J connectivity index is 4.38. The highest BCUT2D eigenvalue weighted by Crippen LogP contribution is 2.13. The lowest BCUT2D eigenvalue weighted by atomic mass is 10.1. The molecule has 292 valence electrons. The molecule has 2 unspecified atom stereocenters. The summed E-state index contributed by atoms with van der Waals surface area (Å²) >= 11 is 0. The third-order valence-electron chi connectivity index (χ3n) is 9.04. The number of hydrogen-bond donors (Lipinski definition) is 0. The molecule has 0 aliphatic heterocycles. The fraction of sp³-hybridized carbons (Fsp3) is 0.833. The molecule has 2 atom stereocenters. The number of rotatable bonds is 36. The minimum atomic E-state index is -1.13. The van der Waals surface area contributed by atoms with Gasteiger partial charge in [-0.25, -0.2) is 0 Å². The van der Waals surface area contributed by atoms with Gasteiger partial charge in [-0.05, 0) is 57.8 Å². The molecule has 0 aliphatic rings. The topological polar surface area (TPSA) is 102 Å². The van der Waals surface area contributed by atoms with E-state index >= 15 is 0 Å². The first-order valence-corrected chi connectivity index (χ1v) is 20.4. The second kappa shape index (κ2) is 33.9. The van der Waals surface area contributed by atoms with Crippen molar-refractivity contribution in [3.63, 3.8) is 0 Å². The molecule has 0 N–H and O–H groups in total. The lowest BCUT2D eigenvalue weighted by Gasteiger charge is -2.34. The summed E-state index contributed by atoms with van der Waals surface area (Å²) in [5, 5.41) is 11.6. The molecule has 0 rings (SSSR count). The van der Waals surface area contributed by atoms with E-state index in [1.807, 2.05) is 0 Å². The number of hydrogen-bond acceptors (Lipinski definition) is 7. The summed E-state index contributed by atoms with van der Waals surface area (Å²) in [6.07, 6.45) is 34.9. The summed E-state index contributed by atoms with van der Waals surface area (Å²) in [6.45, 7) is 4.57. The quantitative estimate of drug-likeness (QED) is 0.0277. The van der Waals surface area contributed by atoms with E-state index in [1.165, 1.54) is 70.6 Å². The Morgan fingerprint density at radius 3 is 1.52 bits per heavy atom. The number of carboxylic acid groups (broad SMARTS) is 1. The number of carbonyl (C=O) groups is 3. The predicted octanol–water partition coefficient (Wildman–Crippen LogP) is 9.19. The van der Waals surface area contributed by atoms with E-state index in [0.717, 1.165) is 70.6 Å². The molecule has 0 fully saturated rings. The van der Waals surface area contributed by atoms with Crippen LogP contribution in [0.5, 0.6) is 0 Å². The van der Waals surface area contributed by atoms with Gasteiger partial charge in [0.15, 0.2) is 6.10 Å². The van der Waals surface area contributed by atoms with Gasteiger partial charge >= 0.3 is 11.9 Å². The Labute approximate surface area is 307 Å². The molecule has 0 bridgehead atoms. The largest absolute Gasteiger partial charge is 0.544 e. The molecule has 0 radical (unpaired) electrons. The summed E-state index contributed by atoms with van der Waals surface area (Å²) in [4.78, 5) is 36.7. The molecule has 8 nitrogen and oxygen atoms in total. The highest BCUT2D eigenvalue weighted by Gasteiger charge is 2.25.